The van der Waals surface area contributed by atoms with Crippen molar-refractivity contribution >= 4 is 16.8 Å². The van der Waals surface area contributed by atoms with Gasteiger partial charge in [-0.05, 0) is 31.0 Å². The number of benzene rings is 2. The molecular weight excluding hydrogens is 262 g/mol. The van der Waals surface area contributed by atoms with Crippen LogP contribution in [-0.2, 0) is 5.54 Å². The fourth-order valence-corrected chi connectivity index (χ4v) is 2.49. The van der Waals surface area contributed by atoms with Crippen molar-refractivity contribution in [2.45, 2.75) is 19.4 Å². The molecule has 0 fully saturated rings. The Morgan fingerprint density at radius 2 is 1.81 bits per heavy atom. The first kappa shape index (κ1) is 13.6. The minimum Gasteiger partial charge on any atom is -0.453 e. The molecule has 3 nitrogen and oxygen atoms in total. The van der Waals surface area contributed by atoms with Crippen molar-refractivity contribution in [2.75, 3.05) is 0 Å². The lowest BCUT2D eigenvalue weighted by molar-refractivity contribution is 0.0873. The predicted octanol–water partition coefficient (Wildman–Crippen LogP) is 3.80. The van der Waals surface area contributed by atoms with E-state index in [0.717, 1.165) is 22.1 Å². The van der Waals surface area contributed by atoms with Gasteiger partial charge in [0, 0.05) is 5.39 Å². The Labute approximate surface area is 123 Å². The summed E-state index contributed by atoms with van der Waals surface area (Å²) in [6, 6.07) is 16.9. The second-order valence-corrected chi connectivity index (χ2v) is 5.50. The zero-order valence-electron chi connectivity index (χ0n) is 12.1. The van der Waals surface area contributed by atoms with Gasteiger partial charge in [-0.2, -0.15) is 0 Å². The molecule has 3 rings (SSSR count). The summed E-state index contributed by atoms with van der Waals surface area (Å²) in [6.07, 6.45) is 0. The quantitative estimate of drug-likeness (QED) is 0.742. The van der Waals surface area contributed by atoms with E-state index in [2.05, 4.69) is 0 Å². The molecule has 0 aliphatic rings. The molecule has 3 heteroatoms. The first-order chi connectivity index (χ1) is 10.00. The van der Waals surface area contributed by atoms with Crippen molar-refractivity contribution in [3.05, 3.63) is 71.5 Å². The Kier molecular flexibility index (Phi) is 3.15. The highest BCUT2D eigenvalue weighted by molar-refractivity contribution is 6.04. The van der Waals surface area contributed by atoms with Gasteiger partial charge in [0.25, 0.3) is 0 Å². The molecule has 0 spiro atoms. The third-order valence-corrected chi connectivity index (χ3v) is 3.81. The van der Waals surface area contributed by atoms with E-state index in [-0.39, 0.29) is 5.78 Å². The molecule has 1 aromatic heterocycles. The Morgan fingerprint density at radius 3 is 2.48 bits per heavy atom. The van der Waals surface area contributed by atoms with Crippen LogP contribution in [0.15, 0.2) is 59.0 Å². The van der Waals surface area contributed by atoms with Crippen LogP contribution in [0.4, 0.5) is 0 Å². The minimum absolute atomic E-state index is 0.218. The molecule has 0 bridgehead atoms. The van der Waals surface area contributed by atoms with Gasteiger partial charge < -0.3 is 10.2 Å². The largest absolute Gasteiger partial charge is 0.453 e. The number of carbonyl (C=O) groups excluding carboxylic acids is 1. The molecule has 0 aliphatic carbocycles. The van der Waals surface area contributed by atoms with Crippen LogP contribution >= 0.6 is 0 Å². The molecule has 0 saturated heterocycles. The maximum Gasteiger partial charge on any atom is 0.221 e. The number of fused-ring (bicyclic) bond motifs is 1. The van der Waals surface area contributed by atoms with Gasteiger partial charge in [-0.15, -0.1) is 0 Å². The Hall–Kier alpha value is -2.39. The summed E-state index contributed by atoms with van der Waals surface area (Å²) in [5.74, 6) is 0.0810. The molecule has 106 valence electrons. The van der Waals surface area contributed by atoms with Gasteiger partial charge in [-0.25, -0.2) is 0 Å². The monoisotopic (exact) mass is 279 g/mol. The molecule has 0 radical (unpaired) electrons. The molecule has 1 atom stereocenters. The molecule has 0 aliphatic heterocycles. The summed E-state index contributed by atoms with van der Waals surface area (Å²) >= 11 is 0. The zero-order valence-corrected chi connectivity index (χ0v) is 12.1. The molecule has 0 amide bonds. The van der Waals surface area contributed by atoms with E-state index < -0.39 is 5.54 Å². The van der Waals surface area contributed by atoms with Gasteiger partial charge in [0.2, 0.25) is 5.78 Å². The summed E-state index contributed by atoms with van der Waals surface area (Å²) in [5.41, 5.74) is 7.67. The van der Waals surface area contributed by atoms with Gasteiger partial charge in [0.05, 0.1) is 0 Å². The molecular formula is C18H17NO2. The van der Waals surface area contributed by atoms with Crippen molar-refractivity contribution in [3.8, 4) is 0 Å². The Balaban J connectivity index is 2.06. The minimum atomic E-state index is -1.11. The van der Waals surface area contributed by atoms with Crippen LogP contribution in [0.3, 0.4) is 0 Å². The average molecular weight is 279 g/mol. The SMILES string of the molecule is Cc1cccc2cc(C(=O)C(C)(N)c3ccccc3)oc12. The lowest BCUT2D eigenvalue weighted by Gasteiger charge is -2.22. The number of para-hydroxylation sites is 1. The number of hydrogen-bond donors (Lipinski definition) is 1. The van der Waals surface area contributed by atoms with E-state index in [1.54, 1.807) is 13.0 Å². The van der Waals surface area contributed by atoms with Crippen LogP contribution in [0, 0.1) is 6.92 Å². The van der Waals surface area contributed by atoms with Crippen LogP contribution in [0.25, 0.3) is 11.0 Å². The van der Waals surface area contributed by atoms with Gasteiger partial charge in [-0.1, -0.05) is 48.5 Å². The highest BCUT2D eigenvalue weighted by Gasteiger charge is 2.33. The first-order valence-electron chi connectivity index (χ1n) is 6.88. The molecule has 3 aromatic rings. The van der Waals surface area contributed by atoms with Crippen molar-refractivity contribution in [1.82, 2.24) is 0 Å². The topological polar surface area (TPSA) is 56.2 Å². The smallest absolute Gasteiger partial charge is 0.221 e. The lowest BCUT2D eigenvalue weighted by Crippen LogP contribution is -2.41. The van der Waals surface area contributed by atoms with Gasteiger partial charge in [0.15, 0.2) is 5.76 Å². The fraction of sp³-hybridized carbons (Fsp3) is 0.167. The average Bonchev–Trinajstić information content (AvgIpc) is 2.93. The maximum atomic E-state index is 12.7. The van der Waals surface area contributed by atoms with E-state index in [0.29, 0.717) is 5.76 Å². The van der Waals surface area contributed by atoms with Crippen LogP contribution < -0.4 is 5.73 Å². The molecule has 21 heavy (non-hydrogen) atoms. The van der Waals surface area contributed by atoms with Crippen LogP contribution in [0.1, 0.15) is 28.6 Å². The predicted molar refractivity (Wildman–Crippen MR) is 83.3 cm³/mol. The van der Waals surface area contributed by atoms with Gasteiger partial charge in [-0.3, -0.25) is 4.79 Å². The van der Waals surface area contributed by atoms with Gasteiger partial charge >= 0.3 is 0 Å². The van der Waals surface area contributed by atoms with Crippen molar-refractivity contribution in [3.63, 3.8) is 0 Å². The number of hydrogen-bond acceptors (Lipinski definition) is 3. The van der Waals surface area contributed by atoms with Crippen LogP contribution in [0.2, 0.25) is 0 Å². The third kappa shape index (κ3) is 2.26. The second-order valence-electron chi connectivity index (χ2n) is 5.50. The number of ketones is 1. The van der Waals surface area contributed by atoms with E-state index >= 15 is 0 Å². The molecule has 2 aromatic carbocycles. The summed E-state index contributed by atoms with van der Waals surface area (Å²) in [5, 5.41) is 0.919. The number of Topliss-reactive ketones (excluding diaryl/α,β-unsaturated/α-hetero) is 1. The summed E-state index contributed by atoms with van der Waals surface area (Å²) in [4.78, 5) is 12.7. The first-order valence-corrected chi connectivity index (χ1v) is 6.88. The van der Waals surface area contributed by atoms with E-state index in [9.17, 15) is 4.79 Å². The number of aryl methyl sites for hydroxylation is 1. The van der Waals surface area contributed by atoms with E-state index in [1.807, 2.05) is 55.5 Å². The van der Waals surface area contributed by atoms with Gasteiger partial charge in [0.1, 0.15) is 11.1 Å². The van der Waals surface area contributed by atoms with Crippen molar-refractivity contribution in [2.24, 2.45) is 5.73 Å². The zero-order chi connectivity index (χ0) is 15.0. The highest BCUT2D eigenvalue weighted by Crippen LogP contribution is 2.28. The van der Waals surface area contributed by atoms with Crippen LogP contribution in [-0.4, -0.2) is 5.78 Å². The third-order valence-electron chi connectivity index (χ3n) is 3.81. The fourth-order valence-electron chi connectivity index (χ4n) is 2.49. The molecule has 1 unspecified atom stereocenters. The normalized spacial score (nSPS) is 14.0. The molecule has 0 saturated carbocycles. The second kappa shape index (κ2) is 4.86. The van der Waals surface area contributed by atoms with Crippen LogP contribution in [0.5, 0.6) is 0 Å². The number of nitrogens with two attached hydrogens (primary N) is 1. The molecule has 1 heterocycles. The molecule has 2 N–H and O–H groups in total. The standard InChI is InChI=1S/C18H17NO2/c1-12-7-6-8-13-11-15(21-16(12)13)17(20)18(2,19)14-9-4-3-5-10-14/h3-11H,19H2,1-2H3. The van der Waals surface area contributed by atoms with E-state index in [4.69, 9.17) is 10.2 Å². The number of carbonyl (C=O) groups is 1. The van der Waals surface area contributed by atoms with Crippen molar-refractivity contribution in [1.29, 1.82) is 0 Å². The lowest BCUT2D eigenvalue weighted by atomic mass is 9.87. The maximum absolute atomic E-state index is 12.7. The highest BCUT2D eigenvalue weighted by atomic mass is 16.3. The Morgan fingerprint density at radius 1 is 1.10 bits per heavy atom. The van der Waals surface area contributed by atoms with E-state index in [1.165, 1.54) is 0 Å². The number of furan rings is 1. The summed E-state index contributed by atoms with van der Waals surface area (Å²) in [7, 11) is 0. The number of rotatable bonds is 3. The summed E-state index contributed by atoms with van der Waals surface area (Å²) in [6.45, 7) is 3.67. The summed E-state index contributed by atoms with van der Waals surface area (Å²) < 4.78 is 5.74. The Bertz CT molecular complexity index is 800. The van der Waals surface area contributed by atoms with Crippen molar-refractivity contribution < 1.29 is 9.21 Å².